The van der Waals surface area contributed by atoms with E-state index in [0.29, 0.717) is 5.57 Å². The first kappa shape index (κ1) is 7.88. The molecule has 0 unspecified atom stereocenters. The molecular weight excluding hydrogens is 116 g/mol. The molecule has 0 aromatic heterocycles. The van der Waals surface area contributed by atoms with Gasteiger partial charge in [0.15, 0.2) is 12.0 Å². The van der Waals surface area contributed by atoms with E-state index in [2.05, 4.69) is 4.99 Å². The minimum atomic E-state index is -0.0353. The lowest BCUT2D eigenvalue weighted by Crippen LogP contribution is -2.63. The van der Waals surface area contributed by atoms with Crippen LogP contribution in [0, 0.1) is 0 Å². The molecule has 50 valence electrons. The normalized spacial score (nSPS) is 12.4. The second kappa shape index (κ2) is 3.83. The van der Waals surface area contributed by atoms with Gasteiger partial charge in [-0.3, -0.25) is 9.79 Å². The first-order valence-electron chi connectivity index (χ1n) is 2.65. The molecule has 0 aliphatic heterocycles. The van der Waals surface area contributed by atoms with Crippen molar-refractivity contribution in [3.8, 4) is 0 Å². The van der Waals surface area contributed by atoms with Crippen LogP contribution in [0.2, 0.25) is 0 Å². The number of rotatable bonds is 2. The zero-order valence-electron chi connectivity index (χ0n) is 5.64. The Balaban J connectivity index is 4.19. The van der Waals surface area contributed by atoms with E-state index in [1.807, 2.05) is 0 Å². The molecule has 0 aromatic carbocycles. The summed E-state index contributed by atoms with van der Waals surface area (Å²) in [6.45, 7) is 1.46. The molecule has 0 aliphatic rings. The van der Waals surface area contributed by atoms with Gasteiger partial charge in [0.05, 0.1) is 5.57 Å². The van der Waals surface area contributed by atoms with Gasteiger partial charge in [0.1, 0.15) is 7.05 Å². The van der Waals surface area contributed by atoms with E-state index < -0.39 is 0 Å². The fourth-order valence-corrected chi connectivity index (χ4v) is 0.423. The molecule has 0 spiro atoms. The van der Waals surface area contributed by atoms with Crippen LogP contribution in [0.1, 0.15) is 6.92 Å². The minimum Gasteiger partial charge on any atom is -0.404 e. The molecule has 0 radical (unpaired) electrons. The predicted octanol–water partition coefficient (Wildman–Crippen LogP) is -1.80. The summed E-state index contributed by atoms with van der Waals surface area (Å²) in [6, 6.07) is 0. The molecule has 0 saturated carbocycles. The molecule has 3 heteroatoms. The summed E-state index contributed by atoms with van der Waals surface area (Å²) in [5, 5.41) is 0. The first-order chi connectivity index (χ1) is 4.22. The summed E-state index contributed by atoms with van der Waals surface area (Å²) in [6.07, 6.45) is 2.83. The van der Waals surface area contributed by atoms with E-state index in [0.717, 1.165) is 0 Å². The van der Waals surface area contributed by atoms with Crippen molar-refractivity contribution in [2.45, 2.75) is 6.92 Å². The molecular formula is C6H11N2O+. The van der Waals surface area contributed by atoms with Crippen molar-refractivity contribution in [1.29, 1.82) is 0 Å². The van der Waals surface area contributed by atoms with Gasteiger partial charge in [-0.15, -0.1) is 0 Å². The van der Waals surface area contributed by atoms with Gasteiger partial charge in [-0.2, -0.15) is 0 Å². The van der Waals surface area contributed by atoms with Gasteiger partial charge in [0.25, 0.3) is 0 Å². The molecule has 0 fully saturated rings. The van der Waals surface area contributed by atoms with Crippen molar-refractivity contribution in [3.63, 3.8) is 0 Å². The third kappa shape index (κ3) is 2.64. The molecule has 0 aromatic rings. The van der Waals surface area contributed by atoms with Crippen LogP contribution in [0.25, 0.3) is 0 Å². The van der Waals surface area contributed by atoms with Crippen molar-refractivity contribution in [2.24, 2.45) is 5.73 Å². The highest BCUT2D eigenvalue weighted by molar-refractivity contribution is 6.10. The fraction of sp³-hybridized carbons (Fsp3) is 0.333. The van der Waals surface area contributed by atoms with Crippen LogP contribution in [-0.4, -0.2) is 19.0 Å². The SMILES string of the molecule is C[NH+]=CC(=CN)C(C)=O. The highest BCUT2D eigenvalue weighted by Crippen LogP contribution is 1.84. The number of carbonyl (C=O) groups is 1. The maximum Gasteiger partial charge on any atom is 0.173 e. The molecule has 0 aliphatic carbocycles. The quantitative estimate of drug-likeness (QED) is 0.339. The van der Waals surface area contributed by atoms with E-state index in [-0.39, 0.29) is 5.78 Å². The second-order valence-electron chi connectivity index (χ2n) is 1.61. The van der Waals surface area contributed by atoms with Crippen LogP contribution in [0.5, 0.6) is 0 Å². The summed E-state index contributed by atoms with van der Waals surface area (Å²) < 4.78 is 0. The van der Waals surface area contributed by atoms with Crippen LogP contribution >= 0.6 is 0 Å². The summed E-state index contributed by atoms with van der Waals surface area (Å²) in [5.41, 5.74) is 5.60. The van der Waals surface area contributed by atoms with Gasteiger partial charge in [-0.25, -0.2) is 0 Å². The average molecular weight is 127 g/mol. The van der Waals surface area contributed by atoms with E-state index in [1.165, 1.54) is 13.1 Å². The molecule has 0 heterocycles. The Labute approximate surface area is 54.3 Å². The smallest absolute Gasteiger partial charge is 0.173 e. The lowest BCUT2D eigenvalue weighted by Gasteiger charge is -1.84. The Morgan fingerprint density at radius 2 is 2.22 bits per heavy atom. The first-order valence-corrected chi connectivity index (χ1v) is 2.65. The Morgan fingerprint density at radius 3 is 2.33 bits per heavy atom. The second-order valence-corrected chi connectivity index (χ2v) is 1.61. The Hall–Kier alpha value is -1.12. The van der Waals surface area contributed by atoms with E-state index in [9.17, 15) is 4.79 Å². The molecule has 9 heavy (non-hydrogen) atoms. The third-order valence-electron chi connectivity index (χ3n) is 0.886. The fourth-order valence-electron chi connectivity index (χ4n) is 0.423. The van der Waals surface area contributed by atoms with Gasteiger partial charge in [-0.1, -0.05) is 0 Å². The summed E-state index contributed by atoms with van der Waals surface area (Å²) >= 11 is 0. The Bertz CT molecular complexity index is 158. The minimum absolute atomic E-state index is 0.0353. The molecule has 3 N–H and O–H groups in total. The van der Waals surface area contributed by atoms with Crippen LogP contribution in [0.3, 0.4) is 0 Å². The van der Waals surface area contributed by atoms with Crippen LogP contribution in [0.15, 0.2) is 11.8 Å². The number of Topliss-reactive ketones (excluding diaryl/α,β-unsaturated/α-hetero) is 1. The zero-order chi connectivity index (χ0) is 7.28. The van der Waals surface area contributed by atoms with Crippen molar-refractivity contribution < 1.29 is 9.79 Å². The number of nitrogens with two attached hydrogens (primary N) is 1. The number of hydrogen-bond donors (Lipinski definition) is 2. The van der Waals surface area contributed by atoms with Crippen molar-refractivity contribution in [1.82, 2.24) is 0 Å². The molecule has 0 atom stereocenters. The molecule has 0 rings (SSSR count). The van der Waals surface area contributed by atoms with Gasteiger partial charge >= 0.3 is 0 Å². The zero-order valence-corrected chi connectivity index (χ0v) is 5.64. The third-order valence-corrected chi connectivity index (χ3v) is 0.886. The van der Waals surface area contributed by atoms with Crippen molar-refractivity contribution in [3.05, 3.63) is 11.8 Å². The lowest BCUT2D eigenvalue weighted by molar-refractivity contribution is -0.413. The van der Waals surface area contributed by atoms with Gasteiger partial charge in [0.2, 0.25) is 0 Å². The van der Waals surface area contributed by atoms with Crippen LogP contribution in [0.4, 0.5) is 0 Å². The average Bonchev–Trinajstić information content (AvgIpc) is 1.82. The largest absolute Gasteiger partial charge is 0.404 e. The number of nitrogens with one attached hydrogen (secondary N) is 1. The molecule has 0 bridgehead atoms. The summed E-state index contributed by atoms with van der Waals surface area (Å²) in [7, 11) is 1.71. The van der Waals surface area contributed by atoms with Crippen LogP contribution in [-0.2, 0) is 4.79 Å². The van der Waals surface area contributed by atoms with E-state index in [1.54, 1.807) is 13.3 Å². The monoisotopic (exact) mass is 127 g/mol. The summed E-state index contributed by atoms with van der Waals surface area (Å²) in [5.74, 6) is -0.0353. The van der Waals surface area contributed by atoms with Crippen LogP contribution < -0.4 is 10.7 Å². The van der Waals surface area contributed by atoms with E-state index in [4.69, 9.17) is 5.73 Å². The molecule has 0 saturated heterocycles. The highest BCUT2D eigenvalue weighted by Gasteiger charge is 1.99. The highest BCUT2D eigenvalue weighted by atomic mass is 16.1. The van der Waals surface area contributed by atoms with Gasteiger partial charge < -0.3 is 5.73 Å². The topological polar surface area (TPSA) is 57.1 Å². The van der Waals surface area contributed by atoms with Gasteiger partial charge in [0, 0.05) is 6.20 Å². The molecule has 0 amide bonds. The Kier molecular flexibility index (Phi) is 3.35. The molecule has 3 nitrogen and oxygen atoms in total. The lowest BCUT2D eigenvalue weighted by atomic mass is 10.2. The summed E-state index contributed by atoms with van der Waals surface area (Å²) in [4.78, 5) is 13.3. The number of ketones is 1. The number of hydrogen-bond acceptors (Lipinski definition) is 2. The maximum atomic E-state index is 10.5. The number of allylic oxidation sites excluding steroid dienone is 1. The maximum absolute atomic E-state index is 10.5. The standard InChI is InChI=1S/C6H10N2O/c1-5(9)6(3-7)4-8-2/h3-4H,7H2,1-2H3/p+1. The van der Waals surface area contributed by atoms with Crippen molar-refractivity contribution >= 4 is 12.0 Å². The number of carbonyl (C=O) groups excluding carboxylic acids is 1. The van der Waals surface area contributed by atoms with Gasteiger partial charge in [-0.05, 0) is 6.92 Å². The van der Waals surface area contributed by atoms with Crippen molar-refractivity contribution in [2.75, 3.05) is 7.05 Å². The Morgan fingerprint density at radius 1 is 1.67 bits per heavy atom. The van der Waals surface area contributed by atoms with E-state index >= 15 is 0 Å². The predicted molar refractivity (Wildman–Crippen MR) is 35.9 cm³/mol.